The van der Waals surface area contributed by atoms with E-state index in [0.29, 0.717) is 0 Å². The second-order valence-electron chi connectivity index (χ2n) is 1.45. The molecule has 0 amide bonds. The van der Waals surface area contributed by atoms with E-state index >= 15 is 0 Å². The molecule has 0 aromatic carbocycles. The van der Waals surface area contributed by atoms with E-state index in [0.717, 1.165) is 0 Å². The van der Waals surface area contributed by atoms with Crippen molar-refractivity contribution < 1.29 is 21.8 Å². The lowest BCUT2D eigenvalue weighted by Crippen LogP contribution is -3.00. The van der Waals surface area contributed by atoms with Crippen molar-refractivity contribution in [3.8, 4) is 0 Å². The molecule has 2 nitrogen and oxygen atoms in total. The lowest BCUT2D eigenvalue weighted by molar-refractivity contribution is -0.377. The first-order valence-electron chi connectivity index (χ1n) is 2.22. The Kier molecular flexibility index (Phi) is 2.95. The van der Waals surface area contributed by atoms with Crippen molar-refractivity contribution in [3.63, 3.8) is 0 Å². The number of nitrogen functional groups attached to an aromatic ring is 1. The van der Waals surface area contributed by atoms with E-state index in [2.05, 4.69) is 4.98 Å². The van der Waals surface area contributed by atoms with Gasteiger partial charge < -0.3 is 18.1 Å². The van der Waals surface area contributed by atoms with Gasteiger partial charge in [-0.3, -0.25) is 0 Å². The van der Waals surface area contributed by atoms with Crippen LogP contribution in [0.3, 0.4) is 0 Å². The Morgan fingerprint density at radius 1 is 1.56 bits per heavy atom. The molecule has 0 saturated carbocycles. The average Bonchev–Trinajstić information content (AvgIpc) is 1.77. The van der Waals surface area contributed by atoms with Crippen molar-refractivity contribution in [2.75, 3.05) is 5.73 Å². The number of anilines is 1. The zero-order valence-electron chi connectivity index (χ0n) is 4.57. The van der Waals surface area contributed by atoms with Gasteiger partial charge in [0, 0.05) is 6.07 Å². The number of pyridine rings is 1. The molecule has 1 aromatic rings. The first-order valence-corrected chi connectivity index (χ1v) is 2.22. The van der Waals surface area contributed by atoms with Gasteiger partial charge in [0.15, 0.2) is 18.2 Å². The molecular formula is C5H6ClFN2. The molecule has 0 saturated heterocycles. The van der Waals surface area contributed by atoms with E-state index in [4.69, 9.17) is 5.73 Å². The number of nitrogens with two attached hydrogens (primary N) is 1. The first-order chi connectivity index (χ1) is 3.80. The lowest BCUT2D eigenvalue weighted by Gasteiger charge is -1.84. The van der Waals surface area contributed by atoms with Gasteiger partial charge in [-0.1, -0.05) is 0 Å². The Morgan fingerprint density at radius 3 is 2.56 bits per heavy atom. The SMILES string of the molecule is Nc1c[nH+]ccc1F.[Cl-]. The van der Waals surface area contributed by atoms with Crippen LogP contribution in [0.2, 0.25) is 0 Å². The van der Waals surface area contributed by atoms with E-state index < -0.39 is 0 Å². The largest absolute Gasteiger partial charge is 1.00 e. The van der Waals surface area contributed by atoms with E-state index in [-0.39, 0.29) is 23.9 Å². The Hall–Kier alpha value is -0.830. The second kappa shape index (κ2) is 3.25. The topological polar surface area (TPSA) is 40.2 Å². The molecule has 50 valence electrons. The number of rotatable bonds is 0. The van der Waals surface area contributed by atoms with Crippen LogP contribution in [-0.2, 0) is 0 Å². The minimum Gasteiger partial charge on any atom is -1.00 e. The van der Waals surface area contributed by atoms with Crippen molar-refractivity contribution in [2.45, 2.75) is 0 Å². The second-order valence-corrected chi connectivity index (χ2v) is 1.45. The molecule has 0 atom stereocenters. The van der Waals surface area contributed by atoms with E-state index in [9.17, 15) is 4.39 Å². The summed E-state index contributed by atoms with van der Waals surface area (Å²) in [6.07, 6.45) is 2.88. The van der Waals surface area contributed by atoms with Crippen LogP contribution in [0, 0.1) is 5.82 Å². The van der Waals surface area contributed by atoms with Crippen LogP contribution in [0.5, 0.6) is 0 Å². The highest BCUT2D eigenvalue weighted by Crippen LogP contribution is 2.01. The maximum Gasteiger partial charge on any atom is 0.193 e. The van der Waals surface area contributed by atoms with Gasteiger partial charge in [-0.25, -0.2) is 9.37 Å². The fraction of sp³-hybridized carbons (Fsp3) is 0. The smallest absolute Gasteiger partial charge is 0.193 e. The summed E-state index contributed by atoms with van der Waals surface area (Å²) in [6, 6.07) is 1.27. The van der Waals surface area contributed by atoms with Crippen LogP contribution in [-0.4, -0.2) is 0 Å². The Balaban J connectivity index is 0.000000640. The van der Waals surface area contributed by atoms with Crippen molar-refractivity contribution in [1.82, 2.24) is 0 Å². The molecular weight excluding hydrogens is 143 g/mol. The number of nitrogens with one attached hydrogen (secondary N) is 1. The fourth-order valence-corrected chi connectivity index (χ4v) is 0.424. The predicted octanol–water partition coefficient (Wildman–Crippen LogP) is -2.77. The normalized spacial score (nSPS) is 8.11. The molecule has 4 heteroatoms. The van der Waals surface area contributed by atoms with Crippen LogP contribution >= 0.6 is 0 Å². The highest BCUT2D eigenvalue weighted by atomic mass is 35.5. The van der Waals surface area contributed by atoms with Gasteiger partial charge in [-0.2, -0.15) is 0 Å². The number of aromatic amines is 1. The Bertz CT molecular complexity index is 171. The molecule has 0 unspecified atom stereocenters. The van der Waals surface area contributed by atoms with Crippen LogP contribution in [0.1, 0.15) is 0 Å². The number of hydrogen-bond acceptors (Lipinski definition) is 1. The number of aromatic nitrogens is 1. The number of hydrogen-bond donors (Lipinski definition) is 1. The minimum atomic E-state index is -0.385. The number of H-pyrrole nitrogens is 1. The van der Waals surface area contributed by atoms with Crippen molar-refractivity contribution in [2.24, 2.45) is 0 Å². The summed E-state index contributed by atoms with van der Waals surface area (Å²) < 4.78 is 12.2. The van der Waals surface area contributed by atoms with Crippen LogP contribution < -0.4 is 23.1 Å². The molecule has 1 aromatic heterocycles. The summed E-state index contributed by atoms with van der Waals surface area (Å²) in [7, 11) is 0. The average molecular weight is 149 g/mol. The van der Waals surface area contributed by atoms with Crippen LogP contribution in [0.25, 0.3) is 0 Å². The molecule has 0 bridgehead atoms. The summed E-state index contributed by atoms with van der Waals surface area (Å²) in [5.74, 6) is -0.385. The lowest BCUT2D eigenvalue weighted by atomic mass is 10.4. The third-order valence-corrected chi connectivity index (χ3v) is 0.840. The first kappa shape index (κ1) is 8.17. The van der Waals surface area contributed by atoms with Gasteiger partial charge in [0.25, 0.3) is 0 Å². The highest BCUT2D eigenvalue weighted by molar-refractivity contribution is 5.32. The van der Waals surface area contributed by atoms with Gasteiger partial charge in [-0.15, -0.1) is 0 Å². The molecule has 1 rings (SSSR count). The molecule has 1 heterocycles. The summed E-state index contributed by atoms with van der Waals surface area (Å²) in [5, 5.41) is 0. The van der Waals surface area contributed by atoms with Gasteiger partial charge in [0.2, 0.25) is 0 Å². The van der Waals surface area contributed by atoms with Crippen molar-refractivity contribution in [3.05, 3.63) is 24.3 Å². The Labute approximate surface area is 58.3 Å². The summed E-state index contributed by atoms with van der Waals surface area (Å²) in [5.41, 5.74) is 5.26. The van der Waals surface area contributed by atoms with E-state index in [1.54, 1.807) is 0 Å². The zero-order chi connectivity index (χ0) is 5.98. The van der Waals surface area contributed by atoms with Crippen molar-refractivity contribution in [1.29, 1.82) is 0 Å². The number of halogens is 2. The molecule has 0 aliphatic heterocycles. The molecule has 0 aliphatic carbocycles. The van der Waals surface area contributed by atoms with Crippen LogP contribution in [0.4, 0.5) is 10.1 Å². The monoisotopic (exact) mass is 148 g/mol. The minimum absolute atomic E-state index is 0. The van der Waals surface area contributed by atoms with E-state index in [1.165, 1.54) is 18.5 Å². The predicted molar refractivity (Wildman–Crippen MR) is 27.4 cm³/mol. The van der Waals surface area contributed by atoms with Gasteiger partial charge >= 0.3 is 0 Å². The molecule has 9 heavy (non-hydrogen) atoms. The summed E-state index contributed by atoms with van der Waals surface area (Å²) in [6.45, 7) is 0. The third-order valence-electron chi connectivity index (χ3n) is 0.840. The maximum atomic E-state index is 12.2. The van der Waals surface area contributed by atoms with Gasteiger partial charge in [-0.05, 0) is 0 Å². The fourth-order valence-electron chi connectivity index (χ4n) is 0.424. The molecule has 0 spiro atoms. The van der Waals surface area contributed by atoms with Gasteiger partial charge in [0.05, 0.1) is 0 Å². The third kappa shape index (κ3) is 1.85. The van der Waals surface area contributed by atoms with Gasteiger partial charge in [0.1, 0.15) is 5.69 Å². The quantitative estimate of drug-likeness (QED) is 0.425. The molecule has 0 radical (unpaired) electrons. The summed E-state index contributed by atoms with van der Waals surface area (Å²) >= 11 is 0. The standard InChI is InChI=1S/C5H5FN2.ClH/c6-4-1-2-8-3-5(4)7;/h1-3H,7H2;1H. The maximum absolute atomic E-state index is 12.2. The van der Waals surface area contributed by atoms with Crippen molar-refractivity contribution >= 4 is 5.69 Å². The summed E-state index contributed by atoms with van der Waals surface area (Å²) in [4.78, 5) is 2.64. The van der Waals surface area contributed by atoms with Crippen LogP contribution in [0.15, 0.2) is 18.5 Å². The Morgan fingerprint density at radius 2 is 2.22 bits per heavy atom. The zero-order valence-corrected chi connectivity index (χ0v) is 5.32. The van der Waals surface area contributed by atoms with E-state index in [1.807, 2.05) is 0 Å². The molecule has 0 fully saturated rings. The highest BCUT2D eigenvalue weighted by Gasteiger charge is 1.95. The molecule has 3 N–H and O–H groups in total. The molecule has 0 aliphatic rings.